The fraction of sp³-hybridized carbons (Fsp3) is 0.381. The van der Waals surface area contributed by atoms with Gasteiger partial charge < -0.3 is 10.1 Å². The highest BCUT2D eigenvalue weighted by molar-refractivity contribution is 5.97. The van der Waals surface area contributed by atoms with Crippen molar-refractivity contribution in [2.24, 2.45) is 5.92 Å². The molecule has 3 aromatic rings. The van der Waals surface area contributed by atoms with E-state index in [1.54, 1.807) is 0 Å². The van der Waals surface area contributed by atoms with Crippen molar-refractivity contribution < 1.29 is 22.7 Å². The summed E-state index contributed by atoms with van der Waals surface area (Å²) in [6.45, 7) is 3.82. The Morgan fingerprint density at radius 3 is 2.81 bits per heavy atom. The number of piperidine rings is 1. The number of fused-ring (bicyclic) bond motifs is 2. The molecule has 1 saturated heterocycles. The number of ether oxygens (including phenoxy) is 1. The minimum atomic E-state index is -4.79. The molecule has 5 rings (SSSR count). The number of carbonyl (C=O) groups excluding carboxylic acids is 1. The van der Waals surface area contributed by atoms with Crippen molar-refractivity contribution in [2.45, 2.75) is 31.7 Å². The van der Waals surface area contributed by atoms with Crippen LogP contribution in [0.3, 0.4) is 0 Å². The van der Waals surface area contributed by atoms with Crippen LogP contribution in [0.1, 0.15) is 31.1 Å². The van der Waals surface area contributed by atoms with E-state index in [9.17, 15) is 18.0 Å². The second-order valence-corrected chi connectivity index (χ2v) is 7.92. The Hall–Kier alpha value is -3.14. The fourth-order valence-electron chi connectivity index (χ4n) is 4.47. The summed E-state index contributed by atoms with van der Waals surface area (Å²) in [6.07, 6.45) is -6.15. The van der Waals surface area contributed by atoms with Crippen LogP contribution >= 0.6 is 0 Å². The molecule has 10 heteroatoms. The normalized spacial score (nSPS) is 23.9. The third-order valence-corrected chi connectivity index (χ3v) is 5.92. The second kappa shape index (κ2) is 7.23. The number of hydrogen-bond donors (Lipinski definition) is 2. The zero-order valence-electron chi connectivity index (χ0n) is 16.6. The summed E-state index contributed by atoms with van der Waals surface area (Å²) >= 11 is 0. The van der Waals surface area contributed by atoms with Gasteiger partial charge in [0, 0.05) is 17.1 Å². The van der Waals surface area contributed by atoms with Crippen molar-refractivity contribution in [2.75, 3.05) is 18.4 Å². The van der Waals surface area contributed by atoms with Crippen LogP contribution in [0.2, 0.25) is 0 Å². The number of benzene rings is 1. The van der Waals surface area contributed by atoms with Gasteiger partial charge in [0.05, 0.1) is 17.1 Å². The van der Waals surface area contributed by atoms with E-state index in [1.807, 2.05) is 28.9 Å². The molecular weight excluding hydrogens is 411 g/mol. The molecular formula is C21H20F3N5O2. The standard InChI is InChI=1S/C21H20F3N5O2/c1-11-10-25-8-7-14(11)29-15-5-3-2-4-12(15)17(28-29)13-6-9-26-19-16(13)18(21(22,23)24)31-20(30)27-19/h2-6,9,11,14,18,25H,7-8,10H2,1H3,(H,26,27,30)/t11-,14+,18+/m0/s1. The van der Waals surface area contributed by atoms with Gasteiger partial charge in [-0.05, 0) is 37.6 Å². The summed E-state index contributed by atoms with van der Waals surface area (Å²) in [5.74, 6) is 0.145. The Morgan fingerprint density at radius 2 is 2.03 bits per heavy atom. The van der Waals surface area contributed by atoms with E-state index < -0.39 is 18.4 Å². The molecule has 0 aliphatic carbocycles. The first-order chi connectivity index (χ1) is 14.8. The third-order valence-electron chi connectivity index (χ3n) is 5.92. The molecule has 3 atom stereocenters. The Balaban J connectivity index is 1.73. The lowest BCUT2D eigenvalue weighted by Gasteiger charge is -2.30. The number of alkyl halides is 3. The van der Waals surface area contributed by atoms with Crippen LogP contribution in [0.4, 0.5) is 23.8 Å². The van der Waals surface area contributed by atoms with Crippen LogP contribution in [0.5, 0.6) is 0 Å². The molecule has 2 aromatic heterocycles. The van der Waals surface area contributed by atoms with Crippen molar-refractivity contribution in [3.05, 3.63) is 42.1 Å². The number of cyclic esters (lactones) is 1. The summed E-state index contributed by atoms with van der Waals surface area (Å²) < 4.78 is 47.9. The fourth-order valence-corrected chi connectivity index (χ4v) is 4.47. The monoisotopic (exact) mass is 431 g/mol. The summed E-state index contributed by atoms with van der Waals surface area (Å²) in [5, 5.41) is 11.2. The van der Waals surface area contributed by atoms with Gasteiger partial charge in [0.1, 0.15) is 11.5 Å². The molecule has 4 heterocycles. The average molecular weight is 431 g/mol. The zero-order chi connectivity index (χ0) is 21.8. The topological polar surface area (TPSA) is 81.1 Å². The number of anilines is 1. The molecule has 0 radical (unpaired) electrons. The number of pyridine rings is 1. The highest BCUT2D eigenvalue weighted by atomic mass is 19.4. The lowest BCUT2D eigenvalue weighted by atomic mass is 9.95. The van der Waals surface area contributed by atoms with Crippen LogP contribution in [0, 0.1) is 5.92 Å². The smallest absolute Gasteiger partial charge is 0.430 e. The van der Waals surface area contributed by atoms with E-state index in [0.717, 1.165) is 30.4 Å². The first-order valence-electron chi connectivity index (χ1n) is 10.1. The number of hydrogen-bond acceptors (Lipinski definition) is 5. The molecule has 0 bridgehead atoms. The summed E-state index contributed by atoms with van der Waals surface area (Å²) in [7, 11) is 0. The number of para-hydroxylation sites is 1. The number of rotatable bonds is 2. The van der Waals surface area contributed by atoms with Gasteiger partial charge in [-0.25, -0.2) is 9.78 Å². The zero-order valence-corrected chi connectivity index (χ0v) is 16.6. The molecule has 7 nitrogen and oxygen atoms in total. The van der Waals surface area contributed by atoms with Crippen molar-refractivity contribution in [3.8, 4) is 11.3 Å². The minimum absolute atomic E-state index is 0.118. The van der Waals surface area contributed by atoms with E-state index in [4.69, 9.17) is 5.10 Å². The number of amides is 1. The van der Waals surface area contributed by atoms with E-state index in [2.05, 4.69) is 27.3 Å². The SMILES string of the molecule is C[C@H]1CNCC[C@H]1n1nc(-c2ccnc3c2[C@H](C(F)(F)F)OC(=O)N3)c2ccccc21. The van der Waals surface area contributed by atoms with Gasteiger partial charge in [-0.3, -0.25) is 10.00 Å². The summed E-state index contributed by atoms with van der Waals surface area (Å²) in [5.41, 5.74) is 1.27. The number of nitrogens with zero attached hydrogens (tertiary/aromatic N) is 3. The molecule has 2 aliphatic heterocycles. The van der Waals surface area contributed by atoms with Crippen LogP contribution in [-0.2, 0) is 4.74 Å². The minimum Gasteiger partial charge on any atom is -0.431 e. The van der Waals surface area contributed by atoms with Gasteiger partial charge in [0.15, 0.2) is 0 Å². The number of carbonyl (C=O) groups is 1. The van der Waals surface area contributed by atoms with Gasteiger partial charge in [-0.2, -0.15) is 18.3 Å². The van der Waals surface area contributed by atoms with E-state index >= 15 is 0 Å². The maximum atomic E-state index is 13.8. The maximum absolute atomic E-state index is 13.8. The molecule has 1 amide bonds. The lowest BCUT2D eigenvalue weighted by Crippen LogP contribution is -2.36. The molecule has 2 aliphatic rings. The maximum Gasteiger partial charge on any atom is 0.430 e. The molecule has 31 heavy (non-hydrogen) atoms. The molecule has 1 aromatic carbocycles. The van der Waals surface area contributed by atoms with Crippen LogP contribution < -0.4 is 10.6 Å². The third kappa shape index (κ3) is 3.31. The number of nitrogens with one attached hydrogen (secondary N) is 2. The Bertz CT molecular complexity index is 1160. The van der Waals surface area contributed by atoms with Gasteiger partial charge in [-0.15, -0.1) is 0 Å². The quantitative estimate of drug-likeness (QED) is 0.627. The highest BCUT2D eigenvalue weighted by Gasteiger charge is 2.49. The summed E-state index contributed by atoms with van der Waals surface area (Å²) in [6, 6.07) is 9.10. The Morgan fingerprint density at radius 1 is 1.23 bits per heavy atom. The predicted octanol–water partition coefficient (Wildman–Crippen LogP) is 4.43. The largest absolute Gasteiger partial charge is 0.431 e. The first-order valence-corrected chi connectivity index (χ1v) is 10.1. The first kappa shape index (κ1) is 19.8. The molecule has 1 fully saturated rings. The van der Waals surface area contributed by atoms with E-state index in [0.29, 0.717) is 11.6 Å². The Kier molecular flexibility index (Phi) is 4.62. The van der Waals surface area contributed by atoms with Crippen molar-refractivity contribution in [3.63, 3.8) is 0 Å². The lowest BCUT2D eigenvalue weighted by molar-refractivity contribution is -0.206. The van der Waals surface area contributed by atoms with Crippen LogP contribution in [-0.4, -0.2) is 40.1 Å². The van der Waals surface area contributed by atoms with Gasteiger partial charge >= 0.3 is 12.3 Å². The van der Waals surface area contributed by atoms with Crippen LogP contribution in [0.15, 0.2) is 36.5 Å². The Labute approximate surface area is 175 Å². The molecule has 0 unspecified atom stereocenters. The molecule has 0 saturated carbocycles. The van der Waals surface area contributed by atoms with Crippen molar-refractivity contribution >= 4 is 22.8 Å². The highest BCUT2D eigenvalue weighted by Crippen LogP contribution is 2.46. The van der Waals surface area contributed by atoms with Gasteiger partial charge in [0.2, 0.25) is 6.10 Å². The molecule has 2 N–H and O–H groups in total. The van der Waals surface area contributed by atoms with Gasteiger partial charge in [0.25, 0.3) is 0 Å². The van der Waals surface area contributed by atoms with Gasteiger partial charge in [-0.1, -0.05) is 25.1 Å². The van der Waals surface area contributed by atoms with Crippen molar-refractivity contribution in [1.29, 1.82) is 0 Å². The van der Waals surface area contributed by atoms with Crippen molar-refractivity contribution in [1.82, 2.24) is 20.1 Å². The predicted molar refractivity (Wildman–Crippen MR) is 108 cm³/mol. The number of aromatic nitrogens is 3. The number of halogens is 3. The van der Waals surface area contributed by atoms with E-state index in [-0.39, 0.29) is 23.0 Å². The summed E-state index contributed by atoms with van der Waals surface area (Å²) in [4.78, 5) is 15.6. The molecule has 162 valence electrons. The van der Waals surface area contributed by atoms with Crippen LogP contribution in [0.25, 0.3) is 22.2 Å². The second-order valence-electron chi connectivity index (χ2n) is 7.92. The average Bonchev–Trinajstić information content (AvgIpc) is 3.11. The molecule has 0 spiro atoms. The van der Waals surface area contributed by atoms with E-state index in [1.165, 1.54) is 12.3 Å².